The predicted molar refractivity (Wildman–Crippen MR) is 46.7 cm³/mol. The van der Waals surface area contributed by atoms with Crippen molar-refractivity contribution in [1.29, 1.82) is 0 Å². The molecule has 0 bridgehead atoms. The van der Waals surface area contributed by atoms with Crippen molar-refractivity contribution in [3.8, 4) is 0 Å². The number of hydrogen-bond acceptors (Lipinski definition) is 1. The zero-order chi connectivity index (χ0) is 10.2. The summed E-state index contributed by atoms with van der Waals surface area (Å²) in [5.74, 6) is 0. The molecule has 1 aromatic rings. The van der Waals surface area contributed by atoms with E-state index in [9.17, 15) is 13.2 Å². The number of halogens is 3. The summed E-state index contributed by atoms with van der Waals surface area (Å²) in [5, 5.41) is 0. The summed E-state index contributed by atoms with van der Waals surface area (Å²) >= 11 is 0. The lowest BCUT2D eigenvalue weighted by atomic mass is 10.2. The highest BCUT2D eigenvalue weighted by atomic mass is 19.4. The lowest BCUT2D eigenvalue weighted by molar-refractivity contribution is -0.136. The van der Waals surface area contributed by atoms with Crippen molar-refractivity contribution in [2.24, 2.45) is 0 Å². The first-order valence-corrected chi connectivity index (χ1v) is 4.42. The Bertz CT molecular complexity index is 307. The van der Waals surface area contributed by atoms with Crippen molar-refractivity contribution in [3.05, 3.63) is 35.9 Å². The van der Waals surface area contributed by atoms with E-state index in [1.807, 2.05) is 30.3 Å². The molecular weight excluding hydrogens is 191 g/mol. The van der Waals surface area contributed by atoms with Gasteiger partial charge >= 0.3 is 6.18 Å². The Morgan fingerprint density at radius 1 is 1.21 bits per heavy atom. The van der Waals surface area contributed by atoms with Gasteiger partial charge in [0, 0.05) is 13.1 Å². The minimum absolute atomic E-state index is 0.137. The second-order valence-electron chi connectivity index (χ2n) is 3.47. The van der Waals surface area contributed by atoms with Crippen LogP contribution < -0.4 is 0 Å². The summed E-state index contributed by atoms with van der Waals surface area (Å²) in [7, 11) is 0. The summed E-state index contributed by atoms with van der Waals surface area (Å²) in [6, 6.07) is 7.98. The Kier molecular flexibility index (Phi) is 2.23. The lowest BCUT2D eigenvalue weighted by Gasteiger charge is -2.06. The van der Waals surface area contributed by atoms with Gasteiger partial charge < -0.3 is 0 Å². The highest BCUT2D eigenvalue weighted by molar-refractivity contribution is 5.16. The molecule has 0 amide bonds. The molecule has 1 nitrogen and oxygen atoms in total. The molecule has 0 radical (unpaired) electrons. The summed E-state index contributed by atoms with van der Waals surface area (Å²) in [4.78, 5) is 1.41. The smallest absolute Gasteiger partial charge is 0.285 e. The van der Waals surface area contributed by atoms with E-state index in [0.29, 0.717) is 6.54 Å². The van der Waals surface area contributed by atoms with Crippen LogP contribution in [0.2, 0.25) is 0 Å². The lowest BCUT2D eigenvalue weighted by Crippen LogP contribution is -2.20. The second-order valence-corrected chi connectivity index (χ2v) is 3.47. The fraction of sp³-hybridized carbons (Fsp3) is 0.400. The third-order valence-electron chi connectivity index (χ3n) is 2.32. The van der Waals surface area contributed by atoms with Gasteiger partial charge in [-0.25, -0.2) is 0 Å². The Morgan fingerprint density at radius 3 is 2.36 bits per heavy atom. The van der Waals surface area contributed by atoms with Gasteiger partial charge in [-0.3, -0.25) is 4.90 Å². The summed E-state index contributed by atoms with van der Waals surface area (Å²) < 4.78 is 36.5. The third-order valence-corrected chi connectivity index (χ3v) is 2.32. The van der Waals surface area contributed by atoms with Crippen LogP contribution in [0.15, 0.2) is 30.3 Å². The van der Waals surface area contributed by atoms with Crippen molar-refractivity contribution in [3.63, 3.8) is 0 Å². The van der Waals surface area contributed by atoms with Gasteiger partial charge in [0.05, 0.1) is 0 Å². The Balaban J connectivity index is 1.91. The van der Waals surface area contributed by atoms with E-state index in [2.05, 4.69) is 0 Å². The maximum atomic E-state index is 12.2. The van der Waals surface area contributed by atoms with Gasteiger partial charge in [0.15, 0.2) is 0 Å². The van der Waals surface area contributed by atoms with Crippen LogP contribution in [0.3, 0.4) is 0 Å². The molecule has 2 rings (SSSR count). The Morgan fingerprint density at radius 2 is 1.86 bits per heavy atom. The summed E-state index contributed by atoms with van der Waals surface area (Å²) in [6.45, 7) is 0.531. The van der Waals surface area contributed by atoms with E-state index in [0.717, 1.165) is 5.56 Å². The molecule has 2 unspecified atom stereocenters. The number of nitrogens with zero attached hydrogens (tertiary/aromatic N) is 1. The highest BCUT2D eigenvalue weighted by Crippen LogP contribution is 2.35. The van der Waals surface area contributed by atoms with Gasteiger partial charge in [-0.15, -0.1) is 0 Å². The fourth-order valence-corrected chi connectivity index (χ4v) is 1.48. The first-order valence-electron chi connectivity index (χ1n) is 4.42. The van der Waals surface area contributed by atoms with E-state index in [1.165, 1.54) is 4.90 Å². The second kappa shape index (κ2) is 3.28. The molecule has 1 aliphatic heterocycles. The van der Waals surface area contributed by atoms with Crippen molar-refractivity contribution < 1.29 is 13.2 Å². The van der Waals surface area contributed by atoms with Crippen LogP contribution in [0.25, 0.3) is 0 Å². The average molecular weight is 201 g/mol. The van der Waals surface area contributed by atoms with Crippen molar-refractivity contribution >= 4 is 0 Å². The number of benzene rings is 1. The zero-order valence-corrected chi connectivity index (χ0v) is 7.46. The molecule has 14 heavy (non-hydrogen) atoms. The average Bonchev–Trinajstić information content (AvgIpc) is 2.85. The van der Waals surface area contributed by atoms with Gasteiger partial charge in [0.2, 0.25) is 0 Å². The highest BCUT2D eigenvalue weighted by Gasteiger charge is 2.53. The molecule has 1 aliphatic rings. The van der Waals surface area contributed by atoms with Crippen molar-refractivity contribution in [1.82, 2.24) is 4.90 Å². The number of hydrogen-bond donors (Lipinski definition) is 0. The van der Waals surface area contributed by atoms with Crippen LogP contribution in [0.1, 0.15) is 5.56 Å². The maximum Gasteiger partial charge on any atom is 0.405 e. The zero-order valence-electron chi connectivity index (χ0n) is 7.46. The first-order chi connectivity index (χ1) is 6.57. The van der Waals surface area contributed by atoms with Crippen LogP contribution in [0.4, 0.5) is 13.2 Å². The van der Waals surface area contributed by atoms with Crippen molar-refractivity contribution in [2.75, 3.05) is 6.54 Å². The van der Waals surface area contributed by atoms with Gasteiger partial charge in [-0.05, 0) is 5.56 Å². The molecule has 1 fully saturated rings. The molecule has 1 saturated heterocycles. The molecule has 1 heterocycles. The van der Waals surface area contributed by atoms with Gasteiger partial charge in [-0.2, -0.15) is 13.2 Å². The Hall–Kier alpha value is -1.03. The molecule has 0 N–H and O–H groups in total. The summed E-state index contributed by atoms with van der Waals surface area (Å²) in [5.41, 5.74) is 0.930. The fourth-order valence-electron chi connectivity index (χ4n) is 1.48. The molecule has 4 heteroatoms. The molecule has 0 aliphatic carbocycles. The van der Waals surface area contributed by atoms with Crippen LogP contribution >= 0.6 is 0 Å². The predicted octanol–water partition coefficient (Wildman–Crippen LogP) is 2.43. The minimum atomic E-state index is -4.06. The monoisotopic (exact) mass is 201 g/mol. The standard InChI is InChI=1S/C10H10F3N/c11-10(12,13)9-7-14(9)6-8-4-2-1-3-5-8/h1-5,9H,6-7H2. The van der Waals surface area contributed by atoms with E-state index in [4.69, 9.17) is 0 Å². The quantitative estimate of drug-likeness (QED) is 0.664. The molecule has 2 atom stereocenters. The topological polar surface area (TPSA) is 3.01 Å². The van der Waals surface area contributed by atoms with Gasteiger partial charge in [0.25, 0.3) is 0 Å². The first kappa shape index (κ1) is 9.52. The van der Waals surface area contributed by atoms with Crippen LogP contribution in [0, 0.1) is 0 Å². The SMILES string of the molecule is FC(F)(F)C1CN1Cc1ccccc1. The van der Waals surface area contributed by atoms with Gasteiger partial charge in [-0.1, -0.05) is 30.3 Å². The van der Waals surface area contributed by atoms with Gasteiger partial charge in [0.1, 0.15) is 6.04 Å². The van der Waals surface area contributed by atoms with E-state index < -0.39 is 12.2 Å². The number of rotatable bonds is 2. The minimum Gasteiger partial charge on any atom is -0.285 e. The molecule has 0 spiro atoms. The Labute approximate surface area is 80.1 Å². The normalized spacial score (nSPS) is 26.2. The van der Waals surface area contributed by atoms with Crippen LogP contribution in [0.5, 0.6) is 0 Å². The largest absolute Gasteiger partial charge is 0.405 e. The maximum absolute atomic E-state index is 12.2. The van der Waals surface area contributed by atoms with Crippen LogP contribution in [-0.4, -0.2) is 23.7 Å². The van der Waals surface area contributed by atoms with Crippen LogP contribution in [-0.2, 0) is 6.54 Å². The summed E-state index contributed by atoms with van der Waals surface area (Å²) in [6.07, 6.45) is -4.06. The molecule has 0 saturated carbocycles. The van der Waals surface area contributed by atoms with Crippen molar-refractivity contribution in [2.45, 2.75) is 18.8 Å². The van der Waals surface area contributed by atoms with E-state index in [1.54, 1.807) is 0 Å². The third kappa shape index (κ3) is 2.07. The molecular formula is C10H10F3N. The molecule has 1 aromatic carbocycles. The van der Waals surface area contributed by atoms with E-state index in [-0.39, 0.29) is 6.54 Å². The number of alkyl halides is 3. The molecule has 76 valence electrons. The van der Waals surface area contributed by atoms with E-state index >= 15 is 0 Å². The molecule has 0 aromatic heterocycles.